The summed E-state index contributed by atoms with van der Waals surface area (Å²) >= 11 is 0. The number of fused-ring (bicyclic) bond motifs is 1. The predicted octanol–water partition coefficient (Wildman–Crippen LogP) is 2.60. The molecule has 1 unspecified atom stereocenters. The van der Waals surface area contributed by atoms with Gasteiger partial charge in [0.05, 0.1) is 12.2 Å². The highest BCUT2D eigenvalue weighted by atomic mass is 15.3. The first-order valence-corrected chi connectivity index (χ1v) is 6.63. The number of hydrogen-bond acceptors (Lipinski definition) is 2. The monoisotopic (exact) mass is 219 g/mol. The van der Waals surface area contributed by atoms with Gasteiger partial charge in [-0.2, -0.15) is 5.10 Å². The molecule has 0 amide bonds. The minimum Gasteiger partial charge on any atom is -0.313 e. The fraction of sp³-hybridized carbons (Fsp3) is 0.769. The van der Waals surface area contributed by atoms with E-state index in [1.807, 2.05) is 0 Å². The molecule has 2 aliphatic rings. The van der Waals surface area contributed by atoms with E-state index in [4.69, 9.17) is 0 Å². The van der Waals surface area contributed by atoms with Gasteiger partial charge in [-0.15, -0.1) is 0 Å². The van der Waals surface area contributed by atoms with Gasteiger partial charge in [-0.25, -0.2) is 0 Å². The van der Waals surface area contributed by atoms with Crippen LogP contribution < -0.4 is 5.32 Å². The van der Waals surface area contributed by atoms with Crippen molar-refractivity contribution in [2.75, 3.05) is 7.05 Å². The van der Waals surface area contributed by atoms with Crippen molar-refractivity contribution >= 4 is 0 Å². The Morgan fingerprint density at radius 2 is 2.06 bits per heavy atom. The standard InChI is InChI=1S/C13H21N3/c1-14-12-7-4-8-13-11(12)9-15-16(13)10-5-2-3-6-10/h9-10,12,14H,2-8H2,1H3. The van der Waals surface area contributed by atoms with Crippen LogP contribution in [0.25, 0.3) is 0 Å². The third-order valence-corrected chi connectivity index (χ3v) is 4.23. The number of aromatic nitrogens is 2. The van der Waals surface area contributed by atoms with Crippen LogP contribution in [-0.4, -0.2) is 16.8 Å². The van der Waals surface area contributed by atoms with Gasteiger partial charge in [0.15, 0.2) is 0 Å². The topological polar surface area (TPSA) is 29.9 Å². The zero-order chi connectivity index (χ0) is 11.0. The Bertz CT molecular complexity index is 363. The van der Waals surface area contributed by atoms with Crippen LogP contribution in [0.2, 0.25) is 0 Å². The summed E-state index contributed by atoms with van der Waals surface area (Å²) in [7, 11) is 2.06. The van der Waals surface area contributed by atoms with Crippen molar-refractivity contribution in [3.8, 4) is 0 Å². The van der Waals surface area contributed by atoms with Crippen molar-refractivity contribution in [2.24, 2.45) is 0 Å². The summed E-state index contributed by atoms with van der Waals surface area (Å²) < 4.78 is 2.34. The van der Waals surface area contributed by atoms with Crippen molar-refractivity contribution in [3.05, 3.63) is 17.5 Å². The summed E-state index contributed by atoms with van der Waals surface area (Å²) in [5.41, 5.74) is 2.97. The van der Waals surface area contributed by atoms with Gasteiger partial charge in [-0.1, -0.05) is 12.8 Å². The molecule has 1 aromatic heterocycles. The third-order valence-electron chi connectivity index (χ3n) is 4.23. The van der Waals surface area contributed by atoms with Crippen LogP contribution in [0.5, 0.6) is 0 Å². The summed E-state index contributed by atoms with van der Waals surface area (Å²) in [6, 6.07) is 1.23. The second-order valence-corrected chi connectivity index (χ2v) is 5.16. The van der Waals surface area contributed by atoms with E-state index in [9.17, 15) is 0 Å². The van der Waals surface area contributed by atoms with E-state index < -0.39 is 0 Å². The Morgan fingerprint density at radius 1 is 1.25 bits per heavy atom. The van der Waals surface area contributed by atoms with Crippen LogP contribution in [-0.2, 0) is 6.42 Å². The Balaban J connectivity index is 1.93. The number of rotatable bonds is 2. The van der Waals surface area contributed by atoms with E-state index in [1.165, 1.54) is 56.2 Å². The maximum Gasteiger partial charge on any atom is 0.0540 e. The number of hydrogen-bond donors (Lipinski definition) is 1. The molecule has 16 heavy (non-hydrogen) atoms. The molecule has 0 aromatic carbocycles. The van der Waals surface area contributed by atoms with Gasteiger partial charge in [-0.05, 0) is 39.2 Å². The normalized spacial score (nSPS) is 25.9. The molecule has 1 saturated carbocycles. The summed E-state index contributed by atoms with van der Waals surface area (Å²) in [6.07, 6.45) is 11.3. The molecule has 0 spiro atoms. The van der Waals surface area contributed by atoms with Crippen molar-refractivity contribution < 1.29 is 0 Å². The molecule has 0 aliphatic heterocycles. The summed E-state index contributed by atoms with van der Waals surface area (Å²) in [4.78, 5) is 0. The third kappa shape index (κ3) is 1.58. The average molecular weight is 219 g/mol. The van der Waals surface area contributed by atoms with Crippen LogP contribution in [0.1, 0.15) is 61.9 Å². The van der Waals surface area contributed by atoms with Gasteiger partial charge in [-0.3, -0.25) is 4.68 Å². The van der Waals surface area contributed by atoms with Gasteiger partial charge in [0.1, 0.15) is 0 Å². The van der Waals surface area contributed by atoms with Gasteiger partial charge < -0.3 is 5.32 Å². The Morgan fingerprint density at radius 3 is 2.81 bits per heavy atom. The van der Waals surface area contributed by atoms with Gasteiger partial charge in [0.2, 0.25) is 0 Å². The summed E-state index contributed by atoms with van der Waals surface area (Å²) in [6.45, 7) is 0. The number of nitrogens with one attached hydrogen (secondary N) is 1. The quantitative estimate of drug-likeness (QED) is 0.828. The number of nitrogens with zero attached hydrogens (tertiary/aromatic N) is 2. The first-order chi connectivity index (χ1) is 7.90. The molecule has 1 heterocycles. The predicted molar refractivity (Wildman–Crippen MR) is 64.5 cm³/mol. The first-order valence-electron chi connectivity index (χ1n) is 6.63. The van der Waals surface area contributed by atoms with E-state index in [1.54, 1.807) is 0 Å². The van der Waals surface area contributed by atoms with Crippen LogP contribution in [0.4, 0.5) is 0 Å². The van der Waals surface area contributed by atoms with Gasteiger partial charge >= 0.3 is 0 Å². The van der Waals surface area contributed by atoms with Crippen LogP contribution >= 0.6 is 0 Å². The largest absolute Gasteiger partial charge is 0.313 e. The molecular weight excluding hydrogens is 198 g/mol. The highest BCUT2D eigenvalue weighted by Gasteiger charge is 2.27. The van der Waals surface area contributed by atoms with Crippen LogP contribution in [0.15, 0.2) is 6.20 Å². The van der Waals surface area contributed by atoms with E-state index in [2.05, 4.69) is 28.3 Å². The highest BCUT2D eigenvalue weighted by Crippen LogP contribution is 2.35. The van der Waals surface area contributed by atoms with Crippen molar-refractivity contribution in [3.63, 3.8) is 0 Å². The van der Waals surface area contributed by atoms with Crippen molar-refractivity contribution in [2.45, 2.75) is 57.0 Å². The fourth-order valence-corrected chi connectivity index (χ4v) is 3.34. The molecule has 1 aromatic rings. The smallest absolute Gasteiger partial charge is 0.0540 e. The average Bonchev–Trinajstić information content (AvgIpc) is 2.96. The lowest BCUT2D eigenvalue weighted by atomic mass is 9.93. The van der Waals surface area contributed by atoms with E-state index in [0.29, 0.717) is 12.1 Å². The zero-order valence-electron chi connectivity index (χ0n) is 10.1. The van der Waals surface area contributed by atoms with E-state index in [0.717, 1.165) is 0 Å². The van der Waals surface area contributed by atoms with Gasteiger partial charge in [0.25, 0.3) is 0 Å². The second kappa shape index (κ2) is 4.21. The molecule has 3 heteroatoms. The molecule has 3 nitrogen and oxygen atoms in total. The molecular formula is C13H21N3. The lowest BCUT2D eigenvalue weighted by Gasteiger charge is -2.24. The molecule has 88 valence electrons. The Kier molecular flexibility index (Phi) is 2.72. The van der Waals surface area contributed by atoms with E-state index >= 15 is 0 Å². The molecule has 3 rings (SSSR count). The van der Waals surface area contributed by atoms with Crippen LogP contribution in [0.3, 0.4) is 0 Å². The zero-order valence-corrected chi connectivity index (χ0v) is 10.1. The fourth-order valence-electron chi connectivity index (χ4n) is 3.34. The Labute approximate surface area is 97.2 Å². The summed E-state index contributed by atoms with van der Waals surface area (Å²) in [5, 5.41) is 8.07. The minimum atomic E-state index is 0.541. The molecule has 0 bridgehead atoms. The maximum atomic E-state index is 4.65. The molecule has 2 aliphatic carbocycles. The SMILES string of the molecule is CNC1CCCc2c1cnn2C1CCCC1. The lowest BCUT2D eigenvalue weighted by Crippen LogP contribution is -2.22. The van der Waals surface area contributed by atoms with Crippen molar-refractivity contribution in [1.29, 1.82) is 0 Å². The van der Waals surface area contributed by atoms with Crippen molar-refractivity contribution in [1.82, 2.24) is 15.1 Å². The summed E-state index contributed by atoms with van der Waals surface area (Å²) in [5.74, 6) is 0. The minimum absolute atomic E-state index is 0.541. The molecule has 1 fully saturated rings. The van der Waals surface area contributed by atoms with Crippen LogP contribution in [0, 0.1) is 0 Å². The Hall–Kier alpha value is -0.830. The molecule has 0 radical (unpaired) electrons. The lowest BCUT2D eigenvalue weighted by molar-refractivity contribution is 0.425. The second-order valence-electron chi connectivity index (χ2n) is 5.16. The maximum absolute atomic E-state index is 4.65. The van der Waals surface area contributed by atoms with E-state index in [-0.39, 0.29) is 0 Å². The highest BCUT2D eigenvalue weighted by molar-refractivity contribution is 5.25. The molecule has 1 atom stereocenters. The first kappa shape index (κ1) is 10.3. The molecule has 0 saturated heterocycles. The molecule has 1 N–H and O–H groups in total. The van der Waals surface area contributed by atoms with Gasteiger partial charge in [0, 0.05) is 17.3 Å².